The van der Waals surface area contributed by atoms with Crippen LogP contribution in [0.1, 0.15) is 27.9 Å². The van der Waals surface area contributed by atoms with Gasteiger partial charge in [-0.3, -0.25) is 4.90 Å². The largest absolute Gasteiger partial charge is 0.419 e. The monoisotopic (exact) mass is 407 g/mol. The number of hydrogen-bond acceptors (Lipinski definition) is 5. The summed E-state index contributed by atoms with van der Waals surface area (Å²) >= 11 is 7.81. The third-order valence-corrected chi connectivity index (χ3v) is 6.33. The summed E-state index contributed by atoms with van der Waals surface area (Å²) in [6, 6.07) is 20.5. The molecule has 5 rings (SSSR count). The van der Waals surface area contributed by atoms with Gasteiger partial charge in [-0.15, -0.1) is 21.5 Å². The van der Waals surface area contributed by atoms with Gasteiger partial charge in [0.05, 0.1) is 12.6 Å². The van der Waals surface area contributed by atoms with Crippen LogP contribution in [0.15, 0.2) is 70.5 Å². The quantitative estimate of drug-likeness (QED) is 0.441. The van der Waals surface area contributed by atoms with Crippen molar-refractivity contribution in [2.24, 2.45) is 0 Å². The van der Waals surface area contributed by atoms with E-state index in [4.69, 9.17) is 16.0 Å². The number of hydrogen-bond donors (Lipinski definition) is 0. The summed E-state index contributed by atoms with van der Waals surface area (Å²) in [6.45, 7) is 1.58. The topological polar surface area (TPSA) is 42.2 Å². The maximum atomic E-state index is 5.97. The molecule has 3 heterocycles. The Balaban J connectivity index is 1.43. The highest BCUT2D eigenvalue weighted by Crippen LogP contribution is 2.38. The van der Waals surface area contributed by atoms with E-state index in [0.717, 1.165) is 18.5 Å². The highest BCUT2D eigenvalue weighted by Gasteiger charge is 2.30. The molecule has 2 aromatic heterocycles. The number of halogens is 1. The van der Waals surface area contributed by atoms with Gasteiger partial charge in [0, 0.05) is 22.0 Å². The van der Waals surface area contributed by atoms with Crippen LogP contribution in [0.4, 0.5) is 0 Å². The number of benzene rings is 2. The minimum atomic E-state index is 0.210. The first-order valence-corrected chi connectivity index (χ1v) is 10.5. The molecule has 140 valence electrons. The second-order valence-corrected chi connectivity index (χ2v) is 8.28. The number of thiophene rings is 1. The Labute approximate surface area is 172 Å². The van der Waals surface area contributed by atoms with Crippen molar-refractivity contribution in [3.05, 3.63) is 93.0 Å². The maximum absolute atomic E-state index is 5.97. The number of aromatic nitrogens is 2. The van der Waals surface area contributed by atoms with E-state index in [2.05, 4.69) is 56.9 Å². The molecule has 6 heteroatoms. The first-order valence-electron chi connectivity index (χ1n) is 9.21. The van der Waals surface area contributed by atoms with Gasteiger partial charge in [0.1, 0.15) is 0 Å². The van der Waals surface area contributed by atoms with Crippen LogP contribution < -0.4 is 0 Å². The SMILES string of the molecule is Clc1ccc(-c2nnc(CN3CCc4sccc4C3c3ccccc3)o2)cc1. The molecule has 0 amide bonds. The zero-order valence-electron chi connectivity index (χ0n) is 15.1. The van der Waals surface area contributed by atoms with Crippen LogP contribution in [0.25, 0.3) is 11.5 Å². The van der Waals surface area contributed by atoms with Crippen molar-refractivity contribution < 1.29 is 4.42 Å². The lowest BCUT2D eigenvalue weighted by molar-refractivity contribution is 0.187. The fourth-order valence-electron chi connectivity index (χ4n) is 3.76. The van der Waals surface area contributed by atoms with E-state index in [0.29, 0.717) is 23.3 Å². The highest BCUT2D eigenvalue weighted by atomic mass is 35.5. The van der Waals surface area contributed by atoms with Crippen LogP contribution >= 0.6 is 22.9 Å². The van der Waals surface area contributed by atoms with Gasteiger partial charge in [-0.25, -0.2) is 0 Å². The van der Waals surface area contributed by atoms with Gasteiger partial charge in [-0.05, 0) is 53.3 Å². The first kappa shape index (κ1) is 17.6. The summed E-state index contributed by atoms with van der Waals surface area (Å²) in [5.41, 5.74) is 3.56. The number of nitrogens with zero attached hydrogens (tertiary/aromatic N) is 3. The number of rotatable bonds is 4. The Hall–Kier alpha value is -2.47. The third kappa shape index (κ3) is 3.37. The van der Waals surface area contributed by atoms with E-state index in [9.17, 15) is 0 Å². The van der Waals surface area contributed by atoms with E-state index >= 15 is 0 Å². The minimum Gasteiger partial charge on any atom is -0.419 e. The molecule has 0 radical (unpaired) electrons. The lowest BCUT2D eigenvalue weighted by atomic mass is 9.93. The molecule has 0 spiro atoms. The molecule has 0 aliphatic carbocycles. The van der Waals surface area contributed by atoms with E-state index < -0.39 is 0 Å². The molecule has 28 heavy (non-hydrogen) atoms. The molecular weight excluding hydrogens is 390 g/mol. The minimum absolute atomic E-state index is 0.210. The molecule has 1 aliphatic heterocycles. The molecule has 1 atom stereocenters. The van der Waals surface area contributed by atoms with E-state index in [1.54, 1.807) is 0 Å². The standard InChI is InChI=1S/C22H18ClN3OS/c23-17-8-6-16(7-9-17)22-25-24-20(27-22)14-26-12-10-19-18(11-13-28-19)21(26)15-4-2-1-3-5-15/h1-9,11,13,21H,10,12,14H2. The molecule has 0 N–H and O–H groups in total. The van der Waals surface area contributed by atoms with Crippen molar-refractivity contribution in [2.75, 3.05) is 6.54 Å². The normalized spacial score (nSPS) is 16.8. The van der Waals surface area contributed by atoms with Gasteiger partial charge in [-0.1, -0.05) is 41.9 Å². The molecule has 0 bridgehead atoms. The Bertz CT molecular complexity index is 1070. The molecule has 0 fully saturated rings. The van der Waals surface area contributed by atoms with Gasteiger partial charge in [0.15, 0.2) is 0 Å². The second-order valence-electron chi connectivity index (χ2n) is 6.84. The van der Waals surface area contributed by atoms with E-state index in [1.807, 2.05) is 35.6 Å². The van der Waals surface area contributed by atoms with Crippen molar-refractivity contribution in [1.29, 1.82) is 0 Å². The van der Waals surface area contributed by atoms with Crippen molar-refractivity contribution in [2.45, 2.75) is 19.0 Å². The Morgan fingerprint density at radius 2 is 1.86 bits per heavy atom. The maximum Gasteiger partial charge on any atom is 0.247 e. The molecule has 0 saturated carbocycles. The summed E-state index contributed by atoms with van der Waals surface area (Å²) in [6.07, 6.45) is 1.05. The Morgan fingerprint density at radius 3 is 2.68 bits per heavy atom. The molecule has 1 aliphatic rings. The van der Waals surface area contributed by atoms with Crippen LogP contribution in [0, 0.1) is 0 Å². The van der Waals surface area contributed by atoms with Crippen molar-refractivity contribution in [1.82, 2.24) is 15.1 Å². The lowest BCUT2D eigenvalue weighted by Gasteiger charge is -2.35. The van der Waals surface area contributed by atoms with Crippen LogP contribution in [0.5, 0.6) is 0 Å². The van der Waals surface area contributed by atoms with Crippen LogP contribution in [0.2, 0.25) is 5.02 Å². The average Bonchev–Trinajstić information content (AvgIpc) is 3.39. The lowest BCUT2D eigenvalue weighted by Crippen LogP contribution is -2.35. The molecule has 4 aromatic rings. The van der Waals surface area contributed by atoms with Crippen molar-refractivity contribution in [3.63, 3.8) is 0 Å². The summed E-state index contributed by atoms with van der Waals surface area (Å²) in [4.78, 5) is 3.89. The van der Waals surface area contributed by atoms with Crippen LogP contribution in [0.3, 0.4) is 0 Å². The smallest absolute Gasteiger partial charge is 0.247 e. The summed E-state index contributed by atoms with van der Waals surface area (Å²) < 4.78 is 5.96. The van der Waals surface area contributed by atoms with Crippen LogP contribution in [-0.4, -0.2) is 21.6 Å². The third-order valence-electron chi connectivity index (χ3n) is 5.08. The molecule has 0 saturated heterocycles. The molecular formula is C22H18ClN3OS. The summed E-state index contributed by atoms with van der Waals surface area (Å²) in [5.74, 6) is 1.15. The fraction of sp³-hybridized carbons (Fsp3) is 0.182. The van der Waals surface area contributed by atoms with E-state index in [1.165, 1.54) is 16.0 Å². The van der Waals surface area contributed by atoms with Gasteiger partial charge in [0.2, 0.25) is 11.8 Å². The zero-order valence-corrected chi connectivity index (χ0v) is 16.7. The zero-order chi connectivity index (χ0) is 18.9. The van der Waals surface area contributed by atoms with Gasteiger partial charge in [0.25, 0.3) is 0 Å². The van der Waals surface area contributed by atoms with Gasteiger partial charge >= 0.3 is 0 Å². The Morgan fingerprint density at radius 1 is 1.04 bits per heavy atom. The first-order chi connectivity index (χ1) is 13.8. The second kappa shape index (κ2) is 7.51. The average molecular weight is 408 g/mol. The fourth-order valence-corrected chi connectivity index (χ4v) is 4.79. The highest BCUT2D eigenvalue weighted by molar-refractivity contribution is 7.10. The van der Waals surface area contributed by atoms with E-state index in [-0.39, 0.29) is 6.04 Å². The van der Waals surface area contributed by atoms with Gasteiger partial charge in [-0.2, -0.15) is 0 Å². The van der Waals surface area contributed by atoms with Crippen molar-refractivity contribution >= 4 is 22.9 Å². The predicted octanol–water partition coefficient (Wildman–Crippen LogP) is 5.60. The summed E-state index contributed by atoms with van der Waals surface area (Å²) in [5, 5.41) is 11.4. The molecule has 4 nitrogen and oxygen atoms in total. The van der Waals surface area contributed by atoms with Crippen molar-refractivity contribution in [3.8, 4) is 11.5 Å². The molecule has 1 unspecified atom stereocenters. The van der Waals surface area contributed by atoms with Gasteiger partial charge < -0.3 is 4.42 Å². The van der Waals surface area contributed by atoms with Crippen LogP contribution in [-0.2, 0) is 13.0 Å². The predicted molar refractivity (Wildman–Crippen MR) is 111 cm³/mol. The summed E-state index contributed by atoms with van der Waals surface area (Å²) in [7, 11) is 0. The molecule has 2 aromatic carbocycles. The Kier molecular flexibility index (Phi) is 4.72. The number of fused-ring (bicyclic) bond motifs is 1.